The van der Waals surface area contributed by atoms with E-state index in [-0.39, 0.29) is 11.9 Å². The Balaban J connectivity index is 1.63. The first-order valence-corrected chi connectivity index (χ1v) is 6.72. The second kappa shape index (κ2) is 6.36. The minimum absolute atomic E-state index is 0.0393. The van der Waals surface area contributed by atoms with E-state index >= 15 is 0 Å². The molecule has 1 aliphatic heterocycles. The van der Waals surface area contributed by atoms with Crippen molar-refractivity contribution in [1.29, 1.82) is 0 Å². The van der Waals surface area contributed by atoms with Crippen molar-refractivity contribution in [3.05, 3.63) is 0 Å². The van der Waals surface area contributed by atoms with Gasteiger partial charge in [0.2, 0.25) is 0 Å². The molecule has 1 heterocycles. The quantitative estimate of drug-likeness (QED) is 0.757. The van der Waals surface area contributed by atoms with E-state index in [1.54, 1.807) is 0 Å². The summed E-state index contributed by atoms with van der Waals surface area (Å²) < 4.78 is 10.4. The first-order valence-electron chi connectivity index (χ1n) is 6.72. The van der Waals surface area contributed by atoms with Gasteiger partial charge in [0.05, 0.1) is 19.1 Å². The Morgan fingerprint density at radius 1 is 1.29 bits per heavy atom. The smallest absolute Gasteiger partial charge is 0.308 e. The lowest BCUT2D eigenvalue weighted by Crippen LogP contribution is -2.39. The molecule has 0 radical (unpaired) electrons. The molecule has 0 spiro atoms. The fourth-order valence-corrected chi connectivity index (χ4v) is 2.80. The van der Waals surface area contributed by atoms with E-state index in [0.717, 1.165) is 38.8 Å². The molecule has 2 aliphatic rings. The maximum absolute atomic E-state index is 11.4. The SMILES string of the molecule is COC(=O)C1CCC(NCC2CCCO2)CC1. The van der Waals surface area contributed by atoms with Crippen LogP contribution in [0.5, 0.6) is 0 Å². The largest absolute Gasteiger partial charge is 0.469 e. The highest BCUT2D eigenvalue weighted by atomic mass is 16.5. The Bertz CT molecular complexity index is 243. The third-order valence-corrected chi connectivity index (χ3v) is 3.92. The van der Waals surface area contributed by atoms with Gasteiger partial charge in [0, 0.05) is 19.2 Å². The number of methoxy groups -OCH3 is 1. The predicted octanol–water partition coefficient (Wildman–Crippen LogP) is 1.49. The molecule has 0 amide bonds. The molecule has 2 fully saturated rings. The van der Waals surface area contributed by atoms with Crippen LogP contribution >= 0.6 is 0 Å². The Morgan fingerprint density at radius 3 is 2.65 bits per heavy atom. The van der Waals surface area contributed by atoms with Crippen molar-refractivity contribution in [2.45, 2.75) is 50.7 Å². The molecule has 98 valence electrons. The molecule has 17 heavy (non-hydrogen) atoms. The zero-order valence-electron chi connectivity index (χ0n) is 10.6. The number of esters is 1. The Kier molecular flexibility index (Phi) is 4.80. The standard InChI is InChI=1S/C13H23NO3/c1-16-13(15)10-4-6-11(7-5-10)14-9-12-3-2-8-17-12/h10-12,14H,2-9H2,1H3. The van der Waals surface area contributed by atoms with Crippen LogP contribution in [0.1, 0.15) is 38.5 Å². The van der Waals surface area contributed by atoms with E-state index in [4.69, 9.17) is 9.47 Å². The summed E-state index contributed by atoms with van der Waals surface area (Å²) in [4.78, 5) is 11.4. The molecule has 1 saturated carbocycles. The third kappa shape index (κ3) is 3.68. The van der Waals surface area contributed by atoms with E-state index < -0.39 is 0 Å². The van der Waals surface area contributed by atoms with E-state index in [9.17, 15) is 4.79 Å². The summed E-state index contributed by atoms with van der Waals surface area (Å²) in [5, 5.41) is 3.56. The maximum Gasteiger partial charge on any atom is 0.308 e. The van der Waals surface area contributed by atoms with Gasteiger partial charge in [-0.05, 0) is 38.5 Å². The van der Waals surface area contributed by atoms with Crippen LogP contribution < -0.4 is 5.32 Å². The van der Waals surface area contributed by atoms with Gasteiger partial charge >= 0.3 is 5.97 Å². The summed E-state index contributed by atoms with van der Waals surface area (Å²) in [6.07, 6.45) is 6.85. The Hall–Kier alpha value is -0.610. The van der Waals surface area contributed by atoms with Crippen molar-refractivity contribution in [1.82, 2.24) is 5.32 Å². The van der Waals surface area contributed by atoms with Gasteiger partial charge in [0.25, 0.3) is 0 Å². The van der Waals surface area contributed by atoms with Crippen LogP contribution in [0.3, 0.4) is 0 Å². The fourth-order valence-electron chi connectivity index (χ4n) is 2.80. The number of rotatable bonds is 4. The minimum Gasteiger partial charge on any atom is -0.469 e. The molecule has 2 rings (SSSR count). The highest BCUT2D eigenvalue weighted by Crippen LogP contribution is 2.25. The van der Waals surface area contributed by atoms with E-state index in [2.05, 4.69) is 5.32 Å². The molecule has 4 nitrogen and oxygen atoms in total. The molecule has 0 aromatic rings. The van der Waals surface area contributed by atoms with Crippen molar-refractivity contribution in [2.75, 3.05) is 20.3 Å². The molecule has 0 aromatic heterocycles. The summed E-state index contributed by atoms with van der Waals surface area (Å²) in [7, 11) is 1.48. The van der Waals surface area contributed by atoms with Gasteiger partial charge < -0.3 is 14.8 Å². The van der Waals surface area contributed by atoms with Crippen molar-refractivity contribution in [2.24, 2.45) is 5.92 Å². The van der Waals surface area contributed by atoms with Gasteiger partial charge in [-0.3, -0.25) is 4.79 Å². The highest BCUT2D eigenvalue weighted by molar-refractivity contribution is 5.72. The van der Waals surface area contributed by atoms with Gasteiger partial charge in [-0.15, -0.1) is 0 Å². The maximum atomic E-state index is 11.4. The molecule has 4 heteroatoms. The Labute approximate surface area is 103 Å². The average molecular weight is 241 g/mol. The van der Waals surface area contributed by atoms with Gasteiger partial charge in [-0.2, -0.15) is 0 Å². The van der Waals surface area contributed by atoms with Crippen molar-refractivity contribution in [3.8, 4) is 0 Å². The molecular formula is C13H23NO3. The normalized spacial score (nSPS) is 33.6. The lowest BCUT2D eigenvalue weighted by Gasteiger charge is -2.28. The molecule has 1 aliphatic carbocycles. The summed E-state index contributed by atoms with van der Waals surface area (Å²) in [6, 6.07) is 0.556. The molecule has 0 bridgehead atoms. The van der Waals surface area contributed by atoms with Crippen LogP contribution in [-0.4, -0.2) is 38.4 Å². The second-order valence-corrected chi connectivity index (χ2v) is 5.11. The predicted molar refractivity (Wildman–Crippen MR) is 64.7 cm³/mol. The molecular weight excluding hydrogens is 218 g/mol. The van der Waals surface area contributed by atoms with Gasteiger partial charge in [-0.25, -0.2) is 0 Å². The number of hydrogen-bond donors (Lipinski definition) is 1. The van der Waals surface area contributed by atoms with Crippen LogP contribution in [0, 0.1) is 5.92 Å². The fraction of sp³-hybridized carbons (Fsp3) is 0.923. The van der Waals surface area contributed by atoms with Crippen LogP contribution in [0.4, 0.5) is 0 Å². The molecule has 1 N–H and O–H groups in total. The molecule has 1 atom stereocenters. The summed E-state index contributed by atoms with van der Waals surface area (Å²) >= 11 is 0. The number of ether oxygens (including phenoxy) is 2. The average Bonchev–Trinajstić information content (AvgIpc) is 2.89. The van der Waals surface area contributed by atoms with Gasteiger partial charge in [0.15, 0.2) is 0 Å². The molecule has 1 saturated heterocycles. The van der Waals surface area contributed by atoms with Crippen molar-refractivity contribution in [3.63, 3.8) is 0 Å². The number of hydrogen-bond acceptors (Lipinski definition) is 4. The van der Waals surface area contributed by atoms with Crippen molar-refractivity contribution < 1.29 is 14.3 Å². The lowest BCUT2D eigenvalue weighted by molar-refractivity contribution is -0.146. The summed E-state index contributed by atoms with van der Waals surface area (Å²) in [6.45, 7) is 1.88. The molecule has 1 unspecified atom stereocenters. The minimum atomic E-state index is -0.0393. The zero-order chi connectivity index (χ0) is 12.1. The molecule has 0 aromatic carbocycles. The topological polar surface area (TPSA) is 47.6 Å². The number of nitrogens with one attached hydrogen (secondary N) is 1. The van der Waals surface area contributed by atoms with E-state index in [0.29, 0.717) is 12.1 Å². The Morgan fingerprint density at radius 2 is 2.06 bits per heavy atom. The van der Waals surface area contributed by atoms with Crippen LogP contribution in [-0.2, 0) is 14.3 Å². The number of carbonyl (C=O) groups is 1. The lowest BCUT2D eigenvalue weighted by atomic mass is 9.86. The highest BCUT2D eigenvalue weighted by Gasteiger charge is 2.27. The van der Waals surface area contributed by atoms with Crippen molar-refractivity contribution >= 4 is 5.97 Å². The number of carbonyl (C=O) groups excluding carboxylic acids is 1. The summed E-state index contributed by atoms with van der Waals surface area (Å²) in [5.74, 6) is 0.0864. The van der Waals surface area contributed by atoms with Crippen LogP contribution in [0.2, 0.25) is 0 Å². The third-order valence-electron chi connectivity index (χ3n) is 3.92. The monoisotopic (exact) mass is 241 g/mol. The van der Waals surface area contributed by atoms with Crippen LogP contribution in [0.25, 0.3) is 0 Å². The van der Waals surface area contributed by atoms with Crippen LogP contribution in [0.15, 0.2) is 0 Å². The van der Waals surface area contributed by atoms with Gasteiger partial charge in [-0.1, -0.05) is 0 Å². The zero-order valence-corrected chi connectivity index (χ0v) is 10.6. The first kappa shape index (κ1) is 12.8. The van der Waals surface area contributed by atoms with E-state index in [1.807, 2.05) is 0 Å². The first-order chi connectivity index (χ1) is 8.29. The van der Waals surface area contributed by atoms with E-state index in [1.165, 1.54) is 20.0 Å². The second-order valence-electron chi connectivity index (χ2n) is 5.11. The summed E-state index contributed by atoms with van der Waals surface area (Å²) in [5.41, 5.74) is 0. The van der Waals surface area contributed by atoms with Gasteiger partial charge in [0.1, 0.15) is 0 Å².